The van der Waals surface area contributed by atoms with E-state index in [1.165, 1.54) is 0 Å². The molecule has 0 aliphatic carbocycles. The van der Waals surface area contributed by atoms with Crippen LogP contribution in [0.2, 0.25) is 0 Å². The van der Waals surface area contributed by atoms with Crippen molar-refractivity contribution in [3.8, 4) is 11.5 Å². The first-order chi connectivity index (χ1) is 10.5. The fourth-order valence-electron chi connectivity index (χ4n) is 2.70. The Morgan fingerprint density at radius 1 is 1.14 bits per heavy atom. The molecule has 122 valence electrons. The molecule has 1 amide bonds. The summed E-state index contributed by atoms with van der Waals surface area (Å²) in [6, 6.07) is 6.23. The first kappa shape index (κ1) is 16.6. The molecule has 1 heterocycles. The monoisotopic (exact) mass is 306 g/mol. The number of ether oxygens (including phenoxy) is 2. The molecule has 1 N–H and O–H groups in total. The Labute approximate surface area is 132 Å². The molecule has 22 heavy (non-hydrogen) atoms. The minimum atomic E-state index is -0.0792. The van der Waals surface area contributed by atoms with E-state index in [0.717, 1.165) is 6.54 Å². The van der Waals surface area contributed by atoms with Gasteiger partial charge in [0.25, 0.3) is 5.91 Å². The van der Waals surface area contributed by atoms with Crippen molar-refractivity contribution in [3.05, 3.63) is 23.8 Å². The molecular weight excluding hydrogens is 280 g/mol. The molecule has 5 heteroatoms. The van der Waals surface area contributed by atoms with Crippen LogP contribution < -0.4 is 14.8 Å². The molecule has 0 aromatic heterocycles. The molecule has 1 aliphatic rings. The van der Waals surface area contributed by atoms with Gasteiger partial charge in [-0.2, -0.15) is 0 Å². The summed E-state index contributed by atoms with van der Waals surface area (Å²) in [5, 5.41) is 2.97. The largest absolute Gasteiger partial charge is 0.486 e. The van der Waals surface area contributed by atoms with Gasteiger partial charge in [-0.3, -0.25) is 9.69 Å². The number of hydrogen-bond acceptors (Lipinski definition) is 4. The van der Waals surface area contributed by atoms with Crippen molar-refractivity contribution in [2.24, 2.45) is 0 Å². The second kappa shape index (κ2) is 7.49. The van der Waals surface area contributed by atoms with Gasteiger partial charge in [0, 0.05) is 30.7 Å². The summed E-state index contributed by atoms with van der Waals surface area (Å²) in [7, 11) is 0. The number of carbonyl (C=O) groups is 1. The number of nitrogens with zero attached hydrogens (tertiary/aromatic N) is 1. The molecule has 0 saturated carbocycles. The quantitative estimate of drug-likeness (QED) is 0.876. The van der Waals surface area contributed by atoms with E-state index in [1.54, 1.807) is 18.2 Å². The molecule has 0 atom stereocenters. The van der Waals surface area contributed by atoms with E-state index in [2.05, 4.69) is 37.9 Å². The third kappa shape index (κ3) is 4.13. The van der Waals surface area contributed by atoms with E-state index < -0.39 is 0 Å². The fraction of sp³-hybridized carbons (Fsp3) is 0.588. The fourth-order valence-corrected chi connectivity index (χ4v) is 2.70. The van der Waals surface area contributed by atoms with Gasteiger partial charge in [-0.1, -0.05) is 0 Å². The number of hydrogen-bond donors (Lipinski definition) is 1. The molecule has 0 spiro atoms. The van der Waals surface area contributed by atoms with Crippen LogP contribution >= 0.6 is 0 Å². The zero-order chi connectivity index (χ0) is 16.1. The zero-order valence-corrected chi connectivity index (χ0v) is 13.9. The first-order valence-electron chi connectivity index (χ1n) is 7.92. The standard InChI is InChI=1S/C17H26N2O3/c1-12(2)19(13(3)4)8-7-18-17(20)14-5-6-15-16(11-14)22-10-9-21-15/h5-6,11-13H,7-10H2,1-4H3,(H,18,20). The highest BCUT2D eigenvalue weighted by Crippen LogP contribution is 2.30. The van der Waals surface area contributed by atoms with Crippen LogP contribution in [0.25, 0.3) is 0 Å². The Bertz CT molecular complexity index is 507. The van der Waals surface area contributed by atoms with Crippen molar-refractivity contribution >= 4 is 5.91 Å². The highest BCUT2D eigenvalue weighted by molar-refractivity contribution is 5.94. The third-order valence-corrected chi connectivity index (χ3v) is 3.79. The Balaban J connectivity index is 1.90. The highest BCUT2D eigenvalue weighted by atomic mass is 16.6. The van der Waals surface area contributed by atoms with E-state index in [-0.39, 0.29) is 5.91 Å². The Hall–Kier alpha value is -1.75. The topological polar surface area (TPSA) is 50.8 Å². The molecule has 0 bridgehead atoms. The number of carbonyl (C=O) groups excluding carboxylic acids is 1. The summed E-state index contributed by atoms with van der Waals surface area (Å²) in [5.41, 5.74) is 0.602. The summed E-state index contributed by atoms with van der Waals surface area (Å²) in [5.74, 6) is 1.27. The third-order valence-electron chi connectivity index (χ3n) is 3.79. The predicted octanol–water partition coefficient (Wildman–Crippen LogP) is 2.31. The van der Waals surface area contributed by atoms with Gasteiger partial charge in [-0.05, 0) is 45.9 Å². The van der Waals surface area contributed by atoms with Crippen molar-refractivity contribution < 1.29 is 14.3 Å². The maximum Gasteiger partial charge on any atom is 0.251 e. The molecule has 0 radical (unpaired) electrons. The van der Waals surface area contributed by atoms with E-state index >= 15 is 0 Å². The van der Waals surface area contributed by atoms with Crippen molar-refractivity contribution in [1.29, 1.82) is 0 Å². The summed E-state index contributed by atoms with van der Waals surface area (Å²) in [6.45, 7) is 11.2. The van der Waals surface area contributed by atoms with Gasteiger partial charge in [0.2, 0.25) is 0 Å². The first-order valence-corrected chi connectivity index (χ1v) is 7.92. The van der Waals surface area contributed by atoms with Gasteiger partial charge < -0.3 is 14.8 Å². The van der Waals surface area contributed by atoms with Gasteiger partial charge in [0.15, 0.2) is 11.5 Å². The van der Waals surface area contributed by atoms with Crippen LogP contribution in [-0.4, -0.2) is 49.2 Å². The number of fused-ring (bicyclic) bond motifs is 1. The molecule has 1 aliphatic heterocycles. The van der Waals surface area contributed by atoms with Crippen molar-refractivity contribution in [2.45, 2.75) is 39.8 Å². The molecular formula is C17H26N2O3. The molecule has 1 aromatic carbocycles. The molecule has 5 nitrogen and oxygen atoms in total. The van der Waals surface area contributed by atoms with Gasteiger partial charge >= 0.3 is 0 Å². The Kier molecular flexibility index (Phi) is 5.66. The van der Waals surface area contributed by atoms with E-state index in [1.807, 2.05) is 0 Å². The minimum Gasteiger partial charge on any atom is -0.486 e. The molecule has 2 rings (SSSR count). The predicted molar refractivity (Wildman–Crippen MR) is 86.7 cm³/mol. The van der Waals surface area contributed by atoms with Crippen LogP contribution in [0.15, 0.2) is 18.2 Å². The molecule has 1 aromatic rings. The van der Waals surface area contributed by atoms with E-state index in [4.69, 9.17) is 9.47 Å². The van der Waals surface area contributed by atoms with Crippen LogP contribution in [0.3, 0.4) is 0 Å². The Morgan fingerprint density at radius 2 is 1.77 bits per heavy atom. The number of nitrogens with one attached hydrogen (secondary N) is 1. The maximum absolute atomic E-state index is 12.2. The number of benzene rings is 1. The van der Waals surface area contributed by atoms with Crippen molar-refractivity contribution in [2.75, 3.05) is 26.3 Å². The van der Waals surface area contributed by atoms with Gasteiger partial charge in [0.1, 0.15) is 13.2 Å². The van der Waals surface area contributed by atoms with E-state index in [9.17, 15) is 4.79 Å². The van der Waals surface area contributed by atoms with Gasteiger partial charge in [-0.25, -0.2) is 0 Å². The van der Waals surface area contributed by atoms with Crippen LogP contribution in [0.4, 0.5) is 0 Å². The lowest BCUT2D eigenvalue weighted by Gasteiger charge is -2.30. The average molecular weight is 306 g/mol. The molecule has 0 fully saturated rings. The number of amides is 1. The van der Waals surface area contributed by atoms with Crippen molar-refractivity contribution in [1.82, 2.24) is 10.2 Å². The second-order valence-corrected chi connectivity index (χ2v) is 6.04. The summed E-state index contributed by atoms with van der Waals surface area (Å²) in [4.78, 5) is 14.6. The Morgan fingerprint density at radius 3 is 2.41 bits per heavy atom. The van der Waals surface area contributed by atoms with Gasteiger partial charge in [0.05, 0.1) is 0 Å². The second-order valence-electron chi connectivity index (χ2n) is 6.04. The lowest BCUT2D eigenvalue weighted by molar-refractivity contribution is 0.0938. The molecule has 0 saturated heterocycles. The van der Waals surface area contributed by atoms with Crippen molar-refractivity contribution in [3.63, 3.8) is 0 Å². The summed E-state index contributed by atoms with van der Waals surface area (Å²) >= 11 is 0. The summed E-state index contributed by atoms with van der Waals surface area (Å²) < 4.78 is 11.0. The van der Waals surface area contributed by atoms with Crippen LogP contribution in [-0.2, 0) is 0 Å². The highest BCUT2D eigenvalue weighted by Gasteiger charge is 2.16. The lowest BCUT2D eigenvalue weighted by atomic mass is 10.2. The maximum atomic E-state index is 12.2. The van der Waals surface area contributed by atoms with E-state index in [0.29, 0.717) is 48.9 Å². The molecule has 0 unspecified atom stereocenters. The minimum absolute atomic E-state index is 0.0792. The lowest BCUT2D eigenvalue weighted by Crippen LogP contribution is -2.42. The normalized spacial score (nSPS) is 13.8. The smallest absolute Gasteiger partial charge is 0.251 e. The SMILES string of the molecule is CC(C)N(CCNC(=O)c1ccc2c(c1)OCCO2)C(C)C. The average Bonchev–Trinajstić information content (AvgIpc) is 2.50. The van der Waals surface area contributed by atoms with Gasteiger partial charge in [-0.15, -0.1) is 0 Å². The zero-order valence-electron chi connectivity index (χ0n) is 13.9. The summed E-state index contributed by atoms with van der Waals surface area (Å²) in [6.07, 6.45) is 0. The van der Waals surface area contributed by atoms with Crippen LogP contribution in [0.1, 0.15) is 38.1 Å². The van der Waals surface area contributed by atoms with Crippen LogP contribution in [0.5, 0.6) is 11.5 Å². The van der Waals surface area contributed by atoms with Crippen LogP contribution in [0, 0.1) is 0 Å². The number of rotatable bonds is 6.